The summed E-state index contributed by atoms with van der Waals surface area (Å²) in [7, 11) is 0. The summed E-state index contributed by atoms with van der Waals surface area (Å²) in [5.74, 6) is -0.930. The van der Waals surface area contributed by atoms with Gasteiger partial charge in [0.25, 0.3) is 0 Å². The molecule has 78 heavy (non-hydrogen) atoms. The minimum Gasteiger partial charge on any atom is -0.462 e. The van der Waals surface area contributed by atoms with Gasteiger partial charge in [0.1, 0.15) is 13.2 Å². The molecule has 6 heteroatoms. The molecule has 1 unspecified atom stereocenters. The van der Waals surface area contributed by atoms with E-state index >= 15 is 0 Å². The van der Waals surface area contributed by atoms with Crippen LogP contribution >= 0.6 is 0 Å². The van der Waals surface area contributed by atoms with E-state index in [9.17, 15) is 14.4 Å². The first kappa shape index (κ1) is 73.5. The van der Waals surface area contributed by atoms with E-state index in [4.69, 9.17) is 14.2 Å². The second-order valence-electron chi connectivity index (χ2n) is 20.9. The topological polar surface area (TPSA) is 78.9 Å². The van der Waals surface area contributed by atoms with Gasteiger partial charge in [-0.3, -0.25) is 14.4 Å². The van der Waals surface area contributed by atoms with E-state index in [-0.39, 0.29) is 31.1 Å². The molecular weight excluding hydrogens is 961 g/mol. The molecule has 1 atom stereocenters. The van der Waals surface area contributed by atoms with E-state index in [1.165, 1.54) is 96.3 Å². The lowest BCUT2D eigenvalue weighted by Gasteiger charge is -2.18. The molecule has 0 aromatic heterocycles. The minimum atomic E-state index is -0.801. The summed E-state index contributed by atoms with van der Waals surface area (Å²) in [6.45, 7) is 6.38. The molecule has 0 aromatic carbocycles. The van der Waals surface area contributed by atoms with Gasteiger partial charge in [-0.05, 0) is 135 Å². The molecule has 0 bridgehead atoms. The monoisotopic (exact) mass is 1080 g/mol. The molecule has 0 aromatic rings. The molecule has 6 nitrogen and oxygen atoms in total. The first-order valence-corrected chi connectivity index (χ1v) is 32.2. The summed E-state index contributed by atoms with van der Waals surface area (Å²) < 4.78 is 16.9. The van der Waals surface area contributed by atoms with Crippen molar-refractivity contribution >= 4 is 17.9 Å². The highest BCUT2D eigenvalue weighted by atomic mass is 16.6. The molecular formula is C72H118O6. The fraction of sp³-hybridized carbons (Fsp3) is 0.653. The van der Waals surface area contributed by atoms with Gasteiger partial charge in [0.15, 0.2) is 6.10 Å². The number of allylic oxidation sites excluding steroid dienone is 22. The highest BCUT2D eigenvalue weighted by Gasteiger charge is 2.19. The third-order valence-corrected chi connectivity index (χ3v) is 13.4. The Morgan fingerprint density at radius 3 is 0.795 bits per heavy atom. The molecule has 0 heterocycles. The van der Waals surface area contributed by atoms with Crippen LogP contribution in [0.1, 0.15) is 284 Å². The molecule has 442 valence electrons. The van der Waals surface area contributed by atoms with Crippen molar-refractivity contribution in [3.63, 3.8) is 0 Å². The van der Waals surface area contributed by atoms with E-state index < -0.39 is 6.10 Å². The zero-order chi connectivity index (χ0) is 56.4. The van der Waals surface area contributed by atoms with Crippen molar-refractivity contribution in [2.24, 2.45) is 0 Å². The number of carbonyl (C=O) groups is 3. The van der Waals surface area contributed by atoms with Gasteiger partial charge in [-0.1, -0.05) is 264 Å². The molecule has 0 aliphatic carbocycles. The second kappa shape index (κ2) is 65.1. The minimum absolute atomic E-state index is 0.0954. The molecule has 0 saturated heterocycles. The van der Waals surface area contributed by atoms with Crippen LogP contribution in [0.4, 0.5) is 0 Å². The number of rotatable bonds is 57. The van der Waals surface area contributed by atoms with Gasteiger partial charge < -0.3 is 14.2 Å². The Kier molecular flexibility index (Phi) is 61.4. The van der Waals surface area contributed by atoms with Gasteiger partial charge in [0.05, 0.1) is 0 Å². The third kappa shape index (κ3) is 62.4. The van der Waals surface area contributed by atoms with Crippen LogP contribution in [0.15, 0.2) is 134 Å². The van der Waals surface area contributed by atoms with Crippen LogP contribution in [0, 0.1) is 0 Å². The Hall–Kier alpha value is -4.45. The average Bonchev–Trinajstić information content (AvgIpc) is 3.44. The standard InChI is InChI=1S/C72H118O6/c1-4-7-10-13-16-19-22-25-28-30-32-34-36-38-40-42-44-47-50-53-56-59-62-65-71(74)77-68-69(67-76-70(73)64-61-58-55-52-49-46-27-24-21-18-15-12-9-6-3)78-72(75)66-63-60-57-54-51-48-45-43-41-39-37-35-33-31-29-26-23-20-17-14-11-8-5-2/h7-8,10-11,16-17,19-20,24-29,32-35,38,40,44,47,69H,4-6,9,12-15,18,21-23,30-31,36-37,39,41-43,45-46,48-68H2,1-3H3/b10-7-,11-8-,19-16-,20-17-,27-24-,28-25-,29-26-,34-32-,35-33-,40-38-,47-44-. The third-order valence-electron chi connectivity index (χ3n) is 13.4. The number of unbranched alkanes of at least 4 members (excludes halogenated alkanes) is 24. The fourth-order valence-electron chi connectivity index (χ4n) is 8.61. The van der Waals surface area contributed by atoms with E-state index in [0.29, 0.717) is 19.3 Å². The fourth-order valence-corrected chi connectivity index (χ4v) is 8.61. The summed E-state index contributed by atoms with van der Waals surface area (Å²) in [5, 5.41) is 0. The van der Waals surface area contributed by atoms with Gasteiger partial charge >= 0.3 is 17.9 Å². The van der Waals surface area contributed by atoms with Crippen molar-refractivity contribution in [2.75, 3.05) is 13.2 Å². The summed E-state index contributed by atoms with van der Waals surface area (Å²) in [5.41, 5.74) is 0. The maximum Gasteiger partial charge on any atom is 0.306 e. The van der Waals surface area contributed by atoms with Crippen LogP contribution in [0.3, 0.4) is 0 Å². The van der Waals surface area contributed by atoms with Crippen LogP contribution in [-0.2, 0) is 28.6 Å². The highest BCUT2D eigenvalue weighted by Crippen LogP contribution is 2.15. The Bertz CT molecular complexity index is 1670. The summed E-state index contributed by atoms with van der Waals surface area (Å²) in [6.07, 6.45) is 91.6. The Labute approximate surface area is 481 Å². The van der Waals surface area contributed by atoms with Crippen LogP contribution in [0.25, 0.3) is 0 Å². The predicted molar refractivity (Wildman–Crippen MR) is 339 cm³/mol. The molecule has 0 N–H and O–H groups in total. The van der Waals surface area contributed by atoms with Crippen molar-refractivity contribution < 1.29 is 28.6 Å². The lowest BCUT2D eigenvalue weighted by molar-refractivity contribution is -0.167. The van der Waals surface area contributed by atoms with Gasteiger partial charge in [-0.15, -0.1) is 0 Å². The van der Waals surface area contributed by atoms with E-state index in [0.717, 1.165) is 148 Å². The number of esters is 3. The van der Waals surface area contributed by atoms with Crippen LogP contribution in [-0.4, -0.2) is 37.2 Å². The summed E-state index contributed by atoms with van der Waals surface area (Å²) >= 11 is 0. The van der Waals surface area contributed by atoms with Crippen molar-refractivity contribution in [2.45, 2.75) is 290 Å². The first-order valence-electron chi connectivity index (χ1n) is 32.2. The van der Waals surface area contributed by atoms with Gasteiger partial charge in [0, 0.05) is 19.3 Å². The van der Waals surface area contributed by atoms with Gasteiger partial charge in [0.2, 0.25) is 0 Å². The lowest BCUT2D eigenvalue weighted by Crippen LogP contribution is -2.30. The Morgan fingerprint density at radius 2 is 0.500 bits per heavy atom. The molecule has 0 aliphatic rings. The van der Waals surface area contributed by atoms with Crippen molar-refractivity contribution in [1.82, 2.24) is 0 Å². The van der Waals surface area contributed by atoms with E-state index in [1.807, 2.05) is 0 Å². The molecule has 0 amide bonds. The SMILES string of the molecule is CC/C=C\C/C=C\C/C=C\C/C=C\C/C=C\C/C=C\CCCCCCC(=O)OCC(COC(=O)CCCCCCC/C=C\CCCCCCC)OC(=O)CCCCCCCCCCCC/C=C\C/C=C\C/C=C\C/C=C\CC. The molecule has 0 saturated carbocycles. The number of hydrogen-bond donors (Lipinski definition) is 0. The van der Waals surface area contributed by atoms with Gasteiger partial charge in [-0.25, -0.2) is 0 Å². The smallest absolute Gasteiger partial charge is 0.306 e. The molecule has 0 aliphatic heterocycles. The maximum atomic E-state index is 12.9. The predicted octanol–water partition coefficient (Wildman–Crippen LogP) is 22.2. The summed E-state index contributed by atoms with van der Waals surface area (Å²) in [4.78, 5) is 38.3. The molecule has 0 rings (SSSR count). The molecule has 0 fully saturated rings. The molecule has 0 spiro atoms. The largest absolute Gasteiger partial charge is 0.462 e. The normalized spacial score (nSPS) is 13.0. The number of hydrogen-bond acceptors (Lipinski definition) is 6. The molecule has 0 radical (unpaired) electrons. The van der Waals surface area contributed by atoms with Crippen LogP contribution in [0.5, 0.6) is 0 Å². The van der Waals surface area contributed by atoms with E-state index in [2.05, 4.69) is 154 Å². The van der Waals surface area contributed by atoms with Crippen LogP contribution < -0.4 is 0 Å². The Balaban J connectivity index is 4.44. The zero-order valence-electron chi connectivity index (χ0n) is 50.6. The highest BCUT2D eigenvalue weighted by molar-refractivity contribution is 5.71. The maximum absolute atomic E-state index is 12.9. The second-order valence-corrected chi connectivity index (χ2v) is 20.9. The first-order chi connectivity index (χ1) is 38.5. The average molecular weight is 1080 g/mol. The van der Waals surface area contributed by atoms with Crippen molar-refractivity contribution in [1.29, 1.82) is 0 Å². The van der Waals surface area contributed by atoms with Crippen molar-refractivity contribution in [3.8, 4) is 0 Å². The Morgan fingerprint density at radius 1 is 0.269 bits per heavy atom. The lowest BCUT2D eigenvalue weighted by atomic mass is 10.0. The van der Waals surface area contributed by atoms with Crippen molar-refractivity contribution in [3.05, 3.63) is 134 Å². The van der Waals surface area contributed by atoms with E-state index in [1.54, 1.807) is 0 Å². The zero-order valence-corrected chi connectivity index (χ0v) is 50.6. The quantitative estimate of drug-likeness (QED) is 0.0261. The van der Waals surface area contributed by atoms with Crippen LogP contribution in [0.2, 0.25) is 0 Å². The number of ether oxygens (including phenoxy) is 3. The number of carbonyl (C=O) groups excluding carboxylic acids is 3. The van der Waals surface area contributed by atoms with Gasteiger partial charge in [-0.2, -0.15) is 0 Å². The summed E-state index contributed by atoms with van der Waals surface area (Å²) in [6, 6.07) is 0.